The van der Waals surface area contributed by atoms with Gasteiger partial charge in [0.25, 0.3) is 0 Å². The topological polar surface area (TPSA) is 28.7 Å². The molecule has 2 aromatic heterocycles. The number of nitrogens with zero attached hydrogens (tertiary/aromatic N) is 1. The second-order valence-electron chi connectivity index (χ2n) is 2.47. The van der Waals surface area contributed by atoms with Gasteiger partial charge in [-0.1, -0.05) is 11.6 Å². The number of nitrogens with one attached hydrogen (secondary N) is 1. The third-order valence-corrected chi connectivity index (χ3v) is 2.05. The van der Waals surface area contributed by atoms with Crippen LogP contribution in [0, 0.1) is 6.92 Å². The Kier molecular flexibility index (Phi) is 1.36. The van der Waals surface area contributed by atoms with Crippen LogP contribution in [-0.4, -0.2) is 9.97 Å². The molecule has 11 heavy (non-hydrogen) atoms. The molecule has 0 radical (unpaired) electrons. The summed E-state index contributed by atoms with van der Waals surface area (Å²) in [6, 6.07) is 3.86. The van der Waals surface area contributed by atoms with Gasteiger partial charge >= 0.3 is 0 Å². The molecule has 2 rings (SSSR count). The van der Waals surface area contributed by atoms with Crippen molar-refractivity contribution < 1.29 is 0 Å². The van der Waals surface area contributed by atoms with Crippen LogP contribution in [0.3, 0.4) is 0 Å². The standard InChI is InChI=1S/C8H7ClN2/c1-5-7(9)4-6-2-3-10-8(6)11-5/h2-4H,1H3,(H,10,11). The summed E-state index contributed by atoms with van der Waals surface area (Å²) in [4.78, 5) is 7.27. The van der Waals surface area contributed by atoms with Gasteiger partial charge in [-0.05, 0) is 19.1 Å². The zero-order valence-electron chi connectivity index (χ0n) is 6.06. The molecule has 0 aliphatic heterocycles. The lowest BCUT2D eigenvalue weighted by molar-refractivity contribution is 1.22. The van der Waals surface area contributed by atoms with Gasteiger partial charge in [0.2, 0.25) is 0 Å². The Balaban J connectivity index is 2.86. The van der Waals surface area contributed by atoms with Crippen LogP contribution >= 0.6 is 11.6 Å². The molecule has 2 aromatic rings. The van der Waals surface area contributed by atoms with Gasteiger partial charge in [0.05, 0.1) is 10.7 Å². The van der Waals surface area contributed by atoms with E-state index < -0.39 is 0 Å². The van der Waals surface area contributed by atoms with Gasteiger partial charge in [-0.3, -0.25) is 0 Å². The molecule has 0 atom stereocenters. The third kappa shape index (κ3) is 0.994. The predicted octanol–water partition coefficient (Wildman–Crippen LogP) is 2.52. The van der Waals surface area contributed by atoms with Crippen LogP contribution in [0.4, 0.5) is 0 Å². The molecule has 0 aliphatic rings. The Hall–Kier alpha value is -1.02. The number of fused-ring (bicyclic) bond motifs is 1. The minimum atomic E-state index is 0.720. The number of hydrogen-bond acceptors (Lipinski definition) is 1. The number of hydrogen-bond donors (Lipinski definition) is 1. The molecule has 0 unspecified atom stereocenters. The third-order valence-electron chi connectivity index (χ3n) is 1.66. The molecule has 56 valence electrons. The van der Waals surface area contributed by atoms with E-state index >= 15 is 0 Å². The summed E-state index contributed by atoms with van der Waals surface area (Å²) in [5.74, 6) is 0. The first kappa shape index (κ1) is 6.68. The maximum atomic E-state index is 5.87. The second-order valence-corrected chi connectivity index (χ2v) is 2.88. The van der Waals surface area contributed by atoms with Crippen LogP contribution in [0.1, 0.15) is 5.69 Å². The number of halogens is 1. The molecular weight excluding hydrogens is 160 g/mol. The molecule has 0 bridgehead atoms. The zero-order chi connectivity index (χ0) is 7.84. The Morgan fingerprint density at radius 3 is 3.18 bits per heavy atom. The SMILES string of the molecule is Cc1nc2[nH]ccc2cc1Cl. The summed E-state index contributed by atoms with van der Waals surface area (Å²) in [6.07, 6.45) is 1.85. The molecule has 2 heterocycles. The first-order chi connectivity index (χ1) is 5.27. The van der Waals surface area contributed by atoms with E-state index in [1.807, 2.05) is 25.3 Å². The fraction of sp³-hybridized carbons (Fsp3) is 0.125. The average Bonchev–Trinajstić information content (AvgIpc) is 2.36. The van der Waals surface area contributed by atoms with Gasteiger partial charge in [-0.25, -0.2) is 4.98 Å². The molecule has 0 saturated heterocycles. The van der Waals surface area contributed by atoms with Crippen molar-refractivity contribution in [2.24, 2.45) is 0 Å². The predicted molar refractivity (Wildman–Crippen MR) is 45.8 cm³/mol. The quantitative estimate of drug-likeness (QED) is 0.640. The Bertz CT molecular complexity index is 356. The molecule has 0 aliphatic carbocycles. The number of pyridine rings is 1. The van der Waals surface area contributed by atoms with E-state index in [2.05, 4.69) is 9.97 Å². The maximum Gasteiger partial charge on any atom is 0.137 e. The minimum Gasteiger partial charge on any atom is -0.346 e. The van der Waals surface area contributed by atoms with E-state index in [0.29, 0.717) is 0 Å². The lowest BCUT2D eigenvalue weighted by Crippen LogP contribution is -1.82. The van der Waals surface area contributed by atoms with Gasteiger partial charge in [0, 0.05) is 11.6 Å². The molecule has 0 aromatic carbocycles. The van der Waals surface area contributed by atoms with Crippen molar-refractivity contribution in [1.29, 1.82) is 0 Å². The maximum absolute atomic E-state index is 5.87. The van der Waals surface area contributed by atoms with Gasteiger partial charge in [-0.15, -0.1) is 0 Å². The monoisotopic (exact) mass is 166 g/mol. The van der Waals surface area contributed by atoms with Crippen molar-refractivity contribution in [1.82, 2.24) is 9.97 Å². The first-order valence-corrected chi connectivity index (χ1v) is 3.75. The van der Waals surface area contributed by atoms with E-state index in [1.54, 1.807) is 0 Å². The number of H-pyrrole nitrogens is 1. The second kappa shape index (κ2) is 2.24. The van der Waals surface area contributed by atoms with Crippen LogP contribution < -0.4 is 0 Å². The molecule has 2 nitrogen and oxygen atoms in total. The summed E-state index contributed by atoms with van der Waals surface area (Å²) in [6.45, 7) is 1.89. The highest BCUT2D eigenvalue weighted by atomic mass is 35.5. The van der Waals surface area contributed by atoms with Crippen LogP contribution in [0.15, 0.2) is 18.3 Å². The summed E-state index contributed by atoms with van der Waals surface area (Å²) < 4.78 is 0. The Morgan fingerprint density at radius 1 is 1.55 bits per heavy atom. The number of rotatable bonds is 0. The van der Waals surface area contributed by atoms with Crippen molar-refractivity contribution in [2.75, 3.05) is 0 Å². The first-order valence-electron chi connectivity index (χ1n) is 3.37. The molecule has 1 N–H and O–H groups in total. The summed E-state index contributed by atoms with van der Waals surface area (Å²) in [7, 11) is 0. The molecule has 0 saturated carbocycles. The molecule has 3 heteroatoms. The average molecular weight is 167 g/mol. The fourth-order valence-electron chi connectivity index (χ4n) is 1.05. The highest BCUT2D eigenvalue weighted by Crippen LogP contribution is 2.18. The normalized spacial score (nSPS) is 10.7. The molecule has 0 spiro atoms. The van der Waals surface area contributed by atoms with Crippen LogP contribution in [0.2, 0.25) is 5.02 Å². The van der Waals surface area contributed by atoms with Crippen molar-refractivity contribution >= 4 is 22.6 Å². The van der Waals surface area contributed by atoms with Crippen molar-refractivity contribution in [3.63, 3.8) is 0 Å². The summed E-state index contributed by atoms with van der Waals surface area (Å²) in [5.41, 5.74) is 1.76. The van der Waals surface area contributed by atoms with E-state index in [0.717, 1.165) is 21.7 Å². The number of aryl methyl sites for hydroxylation is 1. The smallest absolute Gasteiger partial charge is 0.137 e. The Labute approximate surface area is 69.2 Å². The molecule has 0 amide bonds. The van der Waals surface area contributed by atoms with Gasteiger partial charge in [0.1, 0.15) is 5.65 Å². The van der Waals surface area contributed by atoms with Crippen LogP contribution in [-0.2, 0) is 0 Å². The summed E-state index contributed by atoms with van der Waals surface area (Å²) >= 11 is 5.87. The lowest BCUT2D eigenvalue weighted by Gasteiger charge is -1.95. The number of aromatic nitrogens is 2. The fourth-order valence-corrected chi connectivity index (χ4v) is 1.21. The minimum absolute atomic E-state index is 0.720. The summed E-state index contributed by atoms with van der Waals surface area (Å²) in [5, 5.41) is 1.78. The highest BCUT2D eigenvalue weighted by molar-refractivity contribution is 6.31. The van der Waals surface area contributed by atoms with Crippen molar-refractivity contribution in [3.05, 3.63) is 29.0 Å². The van der Waals surface area contributed by atoms with Gasteiger partial charge in [0.15, 0.2) is 0 Å². The van der Waals surface area contributed by atoms with Gasteiger partial charge < -0.3 is 4.98 Å². The van der Waals surface area contributed by atoms with E-state index in [9.17, 15) is 0 Å². The Morgan fingerprint density at radius 2 is 2.36 bits per heavy atom. The largest absolute Gasteiger partial charge is 0.346 e. The van der Waals surface area contributed by atoms with Crippen molar-refractivity contribution in [3.8, 4) is 0 Å². The van der Waals surface area contributed by atoms with Gasteiger partial charge in [-0.2, -0.15) is 0 Å². The molecular formula is C8H7ClN2. The van der Waals surface area contributed by atoms with E-state index in [1.165, 1.54) is 0 Å². The van der Waals surface area contributed by atoms with E-state index in [4.69, 9.17) is 11.6 Å². The van der Waals surface area contributed by atoms with Crippen LogP contribution in [0.25, 0.3) is 11.0 Å². The zero-order valence-corrected chi connectivity index (χ0v) is 6.81. The number of aromatic amines is 1. The molecule has 0 fully saturated rings. The van der Waals surface area contributed by atoms with E-state index in [-0.39, 0.29) is 0 Å². The van der Waals surface area contributed by atoms with Crippen LogP contribution in [0.5, 0.6) is 0 Å². The highest BCUT2D eigenvalue weighted by Gasteiger charge is 1.99. The lowest BCUT2D eigenvalue weighted by atomic mass is 10.3. The van der Waals surface area contributed by atoms with Crippen molar-refractivity contribution in [2.45, 2.75) is 6.92 Å².